The van der Waals surface area contributed by atoms with E-state index in [1.165, 1.54) is 17.7 Å². The number of fused-ring (bicyclic) bond motifs is 1. The summed E-state index contributed by atoms with van der Waals surface area (Å²) in [7, 11) is 0. The molecular formula is C28H31FN6O3. The molecule has 0 unspecified atom stereocenters. The maximum atomic E-state index is 13.5. The second-order valence-electron chi connectivity index (χ2n) is 9.61. The molecule has 1 aliphatic heterocycles. The van der Waals surface area contributed by atoms with Gasteiger partial charge in [-0.05, 0) is 83.5 Å². The maximum absolute atomic E-state index is 13.5. The van der Waals surface area contributed by atoms with Crippen LogP contribution in [0.25, 0.3) is 10.9 Å². The Hall–Kier alpha value is -3.92. The van der Waals surface area contributed by atoms with Gasteiger partial charge in [-0.2, -0.15) is 0 Å². The first-order valence-electron chi connectivity index (χ1n) is 13.0. The zero-order valence-electron chi connectivity index (χ0n) is 21.6. The van der Waals surface area contributed by atoms with Crippen molar-refractivity contribution < 1.29 is 13.9 Å². The van der Waals surface area contributed by atoms with E-state index in [4.69, 9.17) is 4.74 Å². The zero-order valence-corrected chi connectivity index (χ0v) is 21.6. The van der Waals surface area contributed by atoms with Crippen LogP contribution in [0.1, 0.15) is 55.2 Å². The Balaban J connectivity index is 1.55. The Labute approximate surface area is 219 Å². The molecule has 1 atom stereocenters. The summed E-state index contributed by atoms with van der Waals surface area (Å²) < 4.78 is 20.4. The predicted octanol–water partition coefficient (Wildman–Crippen LogP) is 3.63. The number of nitrogens with zero attached hydrogens (tertiary/aromatic N) is 5. The Bertz CT molecular complexity index is 1470. The number of likely N-dealkylation sites (tertiary alicyclic amines) is 1. The smallest absolute Gasteiger partial charge is 0.309 e. The van der Waals surface area contributed by atoms with Crippen molar-refractivity contribution in [1.29, 1.82) is 0 Å². The van der Waals surface area contributed by atoms with Crippen LogP contribution in [-0.2, 0) is 22.5 Å². The number of aromatic nitrogens is 5. The van der Waals surface area contributed by atoms with Crippen LogP contribution in [0, 0.1) is 11.7 Å². The highest BCUT2D eigenvalue weighted by atomic mass is 19.1. The summed E-state index contributed by atoms with van der Waals surface area (Å²) in [6, 6.07) is 13.6. The number of tetrazole rings is 1. The van der Waals surface area contributed by atoms with Gasteiger partial charge in [-0.25, -0.2) is 9.07 Å². The van der Waals surface area contributed by atoms with E-state index in [1.54, 1.807) is 23.7 Å². The standard InChI is InChI=1S/C28H31FN6O3/c1-3-18-7-10-24-21(15-18)16-23(27(36)30-24)25(34-13-11-20(12-14-34)28(37)38-4-2)26-31-32-33-35(26)17-19-5-8-22(29)9-6-19/h5-10,15-16,20,25H,3-4,11-14,17H2,1-2H3,(H,30,36)/t25-/m1/s1. The van der Waals surface area contributed by atoms with Gasteiger partial charge in [0.05, 0.1) is 19.1 Å². The zero-order chi connectivity index (χ0) is 26.6. The molecular weight excluding hydrogens is 487 g/mol. The minimum absolute atomic E-state index is 0.177. The third-order valence-corrected chi connectivity index (χ3v) is 7.20. The molecule has 0 spiro atoms. The third kappa shape index (κ3) is 5.35. The minimum Gasteiger partial charge on any atom is -0.466 e. The van der Waals surface area contributed by atoms with Crippen molar-refractivity contribution in [3.63, 3.8) is 0 Å². The number of H-pyrrole nitrogens is 1. The van der Waals surface area contributed by atoms with Crippen molar-refractivity contribution in [3.8, 4) is 0 Å². The number of esters is 1. The number of carbonyl (C=O) groups is 1. The van der Waals surface area contributed by atoms with Crippen molar-refractivity contribution >= 4 is 16.9 Å². The summed E-state index contributed by atoms with van der Waals surface area (Å²) in [5.41, 5.74) is 3.09. The van der Waals surface area contributed by atoms with E-state index >= 15 is 0 Å². The van der Waals surface area contributed by atoms with E-state index < -0.39 is 6.04 Å². The van der Waals surface area contributed by atoms with Gasteiger partial charge in [0.15, 0.2) is 5.82 Å². The topological polar surface area (TPSA) is 106 Å². The molecule has 1 aliphatic rings. The van der Waals surface area contributed by atoms with Crippen LogP contribution in [-0.4, -0.2) is 55.8 Å². The van der Waals surface area contributed by atoms with Crippen molar-refractivity contribution in [1.82, 2.24) is 30.1 Å². The summed E-state index contributed by atoms with van der Waals surface area (Å²) in [6.45, 7) is 5.72. The molecule has 1 saturated heterocycles. The Morgan fingerprint density at radius 3 is 2.55 bits per heavy atom. The molecule has 2 aromatic heterocycles. The van der Waals surface area contributed by atoms with Crippen LogP contribution < -0.4 is 5.56 Å². The molecule has 1 fully saturated rings. The quantitative estimate of drug-likeness (QED) is 0.355. The second kappa shape index (κ2) is 11.2. The predicted molar refractivity (Wildman–Crippen MR) is 140 cm³/mol. The van der Waals surface area contributed by atoms with Crippen LogP contribution in [0.15, 0.2) is 53.3 Å². The van der Waals surface area contributed by atoms with E-state index in [0.29, 0.717) is 50.5 Å². The van der Waals surface area contributed by atoms with Gasteiger partial charge in [-0.15, -0.1) is 5.10 Å². The summed E-state index contributed by atoms with van der Waals surface area (Å²) in [5, 5.41) is 13.4. The van der Waals surface area contributed by atoms with Crippen molar-refractivity contribution in [2.45, 2.75) is 45.7 Å². The summed E-state index contributed by atoms with van der Waals surface area (Å²) in [5.74, 6) is -0.160. The number of aryl methyl sites for hydroxylation is 1. The van der Waals surface area contributed by atoms with Gasteiger partial charge in [0, 0.05) is 24.2 Å². The molecule has 5 rings (SSSR count). The molecule has 0 aliphatic carbocycles. The van der Waals surface area contributed by atoms with Crippen molar-refractivity contribution in [2.24, 2.45) is 5.92 Å². The van der Waals surface area contributed by atoms with Gasteiger partial charge >= 0.3 is 5.97 Å². The number of benzene rings is 2. The van der Waals surface area contributed by atoms with Crippen LogP contribution in [0.2, 0.25) is 0 Å². The fourth-order valence-electron chi connectivity index (χ4n) is 5.13. The molecule has 2 aromatic carbocycles. The van der Waals surface area contributed by atoms with E-state index in [9.17, 15) is 14.0 Å². The minimum atomic E-state index is -0.535. The molecule has 1 N–H and O–H groups in total. The highest BCUT2D eigenvalue weighted by Gasteiger charge is 2.35. The second-order valence-corrected chi connectivity index (χ2v) is 9.61. The first-order valence-corrected chi connectivity index (χ1v) is 13.0. The molecule has 38 heavy (non-hydrogen) atoms. The number of nitrogens with one attached hydrogen (secondary N) is 1. The lowest BCUT2D eigenvalue weighted by atomic mass is 9.93. The van der Waals surface area contributed by atoms with E-state index in [0.717, 1.165) is 22.9 Å². The normalized spacial score (nSPS) is 15.6. The molecule has 0 saturated carbocycles. The number of hydrogen-bond donors (Lipinski definition) is 1. The molecule has 0 bridgehead atoms. The number of pyridine rings is 1. The molecule has 0 radical (unpaired) electrons. The number of carbonyl (C=O) groups excluding carboxylic acids is 1. The third-order valence-electron chi connectivity index (χ3n) is 7.20. The lowest BCUT2D eigenvalue weighted by Crippen LogP contribution is -2.42. The first kappa shape index (κ1) is 25.7. The summed E-state index contributed by atoms with van der Waals surface area (Å²) in [4.78, 5) is 31.0. The van der Waals surface area contributed by atoms with Gasteiger partial charge in [0.2, 0.25) is 0 Å². The monoisotopic (exact) mass is 518 g/mol. The van der Waals surface area contributed by atoms with E-state index in [1.807, 2.05) is 18.2 Å². The van der Waals surface area contributed by atoms with Gasteiger partial charge < -0.3 is 9.72 Å². The van der Waals surface area contributed by atoms with Gasteiger partial charge in [-0.1, -0.05) is 25.1 Å². The number of halogens is 1. The Morgan fingerprint density at radius 1 is 1.11 bits per heavy atom. The fourth-order valence-corrected chi connectivity index (χ4v) is 5.13. The largest absolute Gasteiger partial charge is 0.466 e. The summed E-state index contributed by atoms with van der Waals surface area (Å²) in [6.07, 6.45) is 2.10. The Morgan fingerprint density at radius 2 is 1.84 bits per heavy atom. The average molecular weight is 519 g/mol. The van der Waals surface area contributed by atoms with Crippen LogP contribution >= 0.6 is 0 Å². The number of piperidine rings is 1. The maximum Gasteiger partial charge on any atom is 0.309 e. The number of ether oxygens (including phenoxy) is 1. The highest BCUT2D eigenvalue weighted by molar-refractivity contribution is 5.80. The van der Waals surface area contributed by atoms with Gasteiger partial charge in [-0.3, -0.25) is 14.5 Å². The molecule has 4 aromatic rings. The molecule has 3 heterocycles. The molecule has 198 valence electrons. The van der Waals surface area contributed by atoms with Gasteiger partial charge in [0.25, 0.3) is 5.56 Å². The van der Waals surface area contributed by atoms with Crippen molar-refractivity contribution in [2.75, 3.05) is 19.7 Å². The fraction of sp³-hybridized carbons (Fsp3) is 0.393. The lowest BCUT2D eigenvalue weighted by Gasteiger charge is -2.36. The van der Waals surface area contributed by atoms with Crippen LogP contribution in [0.3, 0.4) is 0 Å². The average Bonchev–Trinajstić information content (AvgIpc) is 3.38. The molecule has 10 heteroatoms. The number of aromatic amines is 1. The highest BCUT2D eigenvalue weighted by Crippen LogP contribution is 2.31. The van der Waals surface area contributed by atoms with Gasteiger partial charge in [0.1, 0.15) is 11.9 Å². The summed E-state index contributed by atoms with van der Waals surface area (Å²) >= 11 is 0. The van der Waals surface area contributed by atoms with E-state index in [2.05, 4.69) is 38.4 Å². The Kier molecular flexibility index (Phi) is 7.59. The number of hydrogen-bond acceptors (Lipinski definition) is 7. The van der Waals surface area contributed by atoms with Crippen LogP contribution in [0.4, 0.5) is 4.39 Å². The van der Waals surface area contributed by atoms with E-state index in [-0.39, 0.29) is 23.3 Å². The molecule has 9 nitrogen and oxygen atoms in total. The first-order chi connectivity index (χ1) is 18.5. The number of rotatable bonds is 8. The van der Waals surface area contributed by atoms with Crippen molar-refractivity contribution in [3.05, 3.63) is 87.2 Å². The SMILES string of the molecule is CCOC(=O)C1CCN([C@H](c2cc3cc(CC)ccc3[nH]c2=O)c2nnnn2Cc2ccc(F)cc2)CC1. The van der Waals surface area contributed by atoms with Crippen LogP contribution in [0.5, 0.6) is 0 Å². The lowest BCUT2D eigenvalue weighted by molar-refractivity contribution is -0.149. The molecule has 0 amide bonds.